The lowest BCUT2D eigenvalue weighted by Crippen LogP contribution is -2.52. The van der Waals surface area contributed by atoms with Crippen molar-refractivity contribution in [2.45, 2.75) is 17.3 Å². The monoisotopic (exact) mass is 224 g/mol. The summed E-state index contributed by atoms with van der Waals surface area (Å²) < 4.78 is 5.78. The summed E-state index contributed by atoms with van der Waals surface area (Å²) in [7, 11) is 0. The number of thioether (sulfide) groups is 1. The third kappa shape index (κ3) is 1.44. The van der Waals surface area contributed by atoms with Gasteiger partial charge < -0.3 is 4.74 Å². The highest BCUT2D eigenvalue weighted by Crippen LogP contribution is 2.37. The van der Waals surface area contributed by atoms with Crippen LogP contribution in [0, 0.1) is 0 Å². The minimum absolute atomic E-state index is 0.0315. The van der Waals surface area contributed by atoms with Gasteiger partial charge in [-0.1, -0.05) is 0 Å². The van der Waals surface area contributed by atoms with Gasteiger partial charge in [-0.05, 0) is 0 Å². The van der Waals surface area contributed by atoms with Crippen molar-refractivity contribution < 1.29 is 4.74 Å². The lowest BCUT2D eigenvalue weighted by molar-refractivity contribution is -0.0248. The van der Waals surface area contributed by atoms with Crippen LogP contribution in [0.5, 0.6) is 0 Å². The van der Waals surface area contributed by atoms with Crippen molar-refractivity contribution in [3.8, 4) is 0 Å². The molecule has 80 valence electrons. The van der Waals surface area contributed by atoms with Crippen molar-refractivity contribution in [3.63, 3.8) is 0 Å². The molecule has 3 aliphatic heterocycles. The average Bonchev–Trinajstić information content (AvgIpc) is 3.02. The third-order valence-corrected chi connectivity index (χ3v) is 3.77. The number of rotatable bonds is 2. The van der Waals surface area contributed by atoms with Gasteiger partial charge in [0, 0.05) is 30.9 Å². The summed E-state index contributed by atoms with van der Waals surface area (Å²) in [4.78, 5) is 13.3. The maximum Gasteiger partial charge on any atom is 0.226 e. The highest BCUT2D eigenvalue weighted by Gasteiger charge is 2.50. The van der Waals surface area contributed by atoms with E-state index < -0.39 is 5.72 Å². The van der Waals surface area contributed by atoms with Crippen LogP contribution < -0.4 is 5.32 Å². The molecule has 0 saturated heterocycles. The zero-order chi connectivity index (χ0) is 10.1. The van der Waals surface area contributed by atoms with Gasteiger partial charge in [-0.2, -0.15) is 0 Å². The Morgan fingerprint density at radius 2 is 2.33 bits per heavy atom. The first-order valence-corrected chi connectivity index (χ1v) is 6.02. The average molecular weight is 224 g/mol. The molecule has 0 spiro atoms. The van der Waals surface area contributed by atoms with Gasteiger partial charge in [0.15, 0.2) is 6.17 Å². The molecule has 15 heavy (non-hydrogen) atoms. The molecule has 1 N–H and O–H groups in total. The van der Waals surface area contributed by atoms with E-state index >= 15 is 0 Å². The van der Waals surface area contributed by atoms with Gasteiger partial charge in [0.1, 0.15) is 5.37 Å². The number of hydrogen-bond donors (Lipinski definition) is 1. The number of hydrogen-bond acceptors (Lipinski definition) is 6. The zero-order valence-electron chi connectivity index (χ0n) is 8.17. The summed E-state index contributed by atoms with van der Waals surface area (Å²) in [5, 5.41) is 3.30. The van der Waals surface area contributed by atoms with E-state index in [4.69, 9.17) is 4.74 Å². The Labute approximate surface area is 92.1 Å². The van der Waals surface area contributed by atoms with Crippen molar-refractivity contribution in [2.75, 3.05) is 18.9 Å². The van der Waals surface area contributed by atoms with Gasteiger partial charge in [-0.3, -0.25) is 20.3 Å². The summed E-state index contributed by atoms with van der Waals surface area (Å²) in [5.74, 6) is 0.932. The minimum atomic E-state index is -0.620. The van der Waals surface area contributed by atoms with Crippen LogP contribution in [0.2, 0.25) is 0 Å². The number of nitrogens with zero attached hydrogens (tertiary/aromatic N) is 3. The van der Waals surface area contributed by atoms with E-state index in [9.17, 15) is 0 Å². The third-order valence-electron chi connectivity index (χ3n) is 2.65. The molecule has 3 atom stereocenters. The van der Waals surface area contributed by atoms with E-state index in [0.29, 0.717) is 6.61 Å². The molecule has 3 unspecified atom stereocenters. The molecule has 0 aromatic heterocycles. The van der Waals surface area contributed by atoms with Gasteiger partial charge in [-0.25, -0.2) is 0 Å². The normalized spacial score (nSPS) is 43.2. The quantitative estimate of drug-likeness (QED) is 0.714. The highest BCUT2D eigenvalue weighted by molar-refractivity contribution is 8.00. The Hall–Kier alpha value is -0.720. The second-order valence-electron chi connectivity index (χ2n) is 3.53. The Balaban J connectivity index is 1.90. The van der Waals surface area contributed by atoms with Crippen LogP contribution in [0.15, 0.2) is 15.0 Å². The van der Waals surface area contributed by atoms with E-state index in [0.717, 1.165) is 12.3 Å². The molecule has 5 nitrogen and oxygen atoms in total. The van der Waals surface area contributed by atoms with Crippen LogP contribution in [-0.2, 0) is 4.74 Å². The van der Waals surface area contributed by atoms with Gasteiger partial charge in [0.2, 0.25) is 5.72 Å². The number of nitrogens with one attached hydrogen (secondary N) is 1. The van der Waals surface area contributed by atoms with Gasteiger partial charge in [-0.15, -0.1) is 11.8 Å². The smallest absolute Gasteiger partial charge is 0.226 e. The largest absolute Gasteiger partial charge is 0.342 e. The summed E-state index contributed by atoms with van der Waals surface area (Å²) in [6, 6.07) is 0. The molecule has 0 bridgehead atoms. The van der Waals surface area contributed by atoms with E-state index in [1.54, 1.807) is 11.8 Å². The molecule has 3 aliphatic rings. The van der Waals surface area contributed by atoms with Crippen molar-refractivity contribution in [1.29, 1.82) is 0 Å². The van der Waals surface area contributed by atoms with Gasteiger partial charge >= 0.3 is 0 Å². The Kier molecular flexibility index (Phi) is 2.34. The maximum atomic E-state index is 5.78. The summed E-state index contributed by atoms with van der Waals surface area (Å²) >= 11 is 1.75. The number of aliphatic imine (C=N–C) groups is 3. The molecule has 3 rings (SSSR count). The zero-order valence-corrected chi connectivity index (χ0v) is 8.98. The van der Waals surface area contributed by atoms with Crippen molar-refractivity contribution in [1.82, 2.24) is 5.32 Å². The van der Waals surface area contributed by atoms with Crippen LogP contribution in [0.4, 0.5) is 0 Å². The number of ether oxygens (including phenoxy) is 1. The lowest BCUT2D eigenvalue weighted by Gasteiger charge is -2.33. The predicted octanol–water partition coefficient (Wildman–Crippen LogP) is -0.0725. The van der Waals surface area contributed by atoms with Crippen LogP contribution in [0.25, 0.3) is 0 Å². The molecule has 3 heterocycles. The van der Waals surface area contributed by atoms with E-state index in [2.05, 4.69) is 20.3 Å². The maximum absolute atomic E-state index is 5.78. The fourth-order valence-electron chi connectivity index (χ4n) is 1.98. The molecular weight excluding hydrogens is 212 g/mol. The molecule has 0 fully saturated rings. The Morgan fingerprint density at radius 3 is 2.93 bits per heavy atom. The second-order valence-corrected chi connectivity index (χ2v) is 4.65. The topological polar surface area (TPSA) is 58.3 Å². The molecule has 0 aromatic carbocycles. The Morgan fingerprint density at radius 1 is 1.33 bits per heavy atom. The Bertz CT molecular complexity index is 319. The fourth-order valence-corrected chi connectivity index (χ4v) is 3.00. The summed E-state index contributed by atoms with van der Waals surface area (Å²) in [5.41, 5.74) is -0.620. The van der Waals surface area contributed by atoms with Gasteiger partial charge in [0.05, 0.1) is 6.61 Å². The van der Waals surface area contributed by atoms with E-state index in [-0.39, 0.29) is 11.5 Å². The van der Waals surface area contributed by atoms with Crippen molar-refractivity contribution in [2.24, 2.45) is 15.0 Å². The lowest BCUT2D eigenvalue weighted by atomic mass is 10.1. The molecule has 6 heteroatoms. The molecule has 0 saturated carbocycles. The molecule has 0 aliphatic carbocycles. The molecule has 0 aromatic rings. The first-order chi connectivity index (χ1) is 7.42. The van der Waals surface area contributed by atoms with Crippen LogP contribution in [0.3, 0.4) is 0 Å². The SMILES string of the molecule is C1=NC(C2(C3N=CCS3)N=CCO2)NC1. The van der Waals surface area contributed by atoms with Crippen molar-refractivity contribution >= 4 is 30.4 Å². The minimum Gasteiger partial charge on any atom is -0.342 e. The molecule has 0 amide bonds. The summed E-state index contributed by atoms with van der Waals surface area (Å²) in [6.45, 7) is 1.34. The van der Waals surface area contributed by atoms with E-state index in [1.165, 1.54) is 0 Å². The summed E-state index contributed by atoms with van der Waals surface area (Å²) in [6.07, 6.45) is 5.51. The van der Waals surface area contributed by atoms with E-state index in [1.807, 2.05) is 18.6 Å². The van der Waals surface area contributed by atoms with Crippen molar-refractivity contribution in [3.05, 3.63) is 0 Å². The standard InChI is InChI=1S/C9H12N4OS/c1-2-11-7(10-1)9(13-3-5-14-9)8-12-4-6-15-8/h1,3-4,7-8,11H,2,5-6H2. The molecule has 0 radical (unpaired) electrons. The highest BCUT2D eigenvalue weighted by atomic mass is 32.2. The van der Waals surface area contributed by atoms with Crippen LogP contribution >= 0.6 is 11.8 Å². The first kappa shape index (κ1) is 9.50. The first-order valence-electron chi connectivity index (χ1n) is 4.98. The van der Waals surface area contributed by atoms with Crippen LogP contribution in [-0.4, -0.2) is 54.8 Å². The predicted molar refractivity (Wildman–Crippen MR) is 62.2 cm³/mol. The van der Waals surface area contributed by atoms with Gasteiger partial charge in [0.25, 0.3) is 0 Å². The fraction of sp³-hybridized carbons (Fsp3) is 0.667. The van der Waals surface area contributed by atoms with Crippen LogP contribution in [0.1, 0.15) is 0 Å². The second kappa shape index (κ2) is 3.70. The molecular formula is C9H12N4OS.